The van der Waals surface area contributed by atoms with Crippen LogP contribution in [0.5, 0.6) is 0 Å². The van der Waals surface area contributed by atoms with E-state index in [4.69, 9.17) is 0 Å². The smallest absolute Gasteiger partial charge is 0.0315 e. The average Bonchev–Trinajstić information content (AvgIpc) is 2.36. The first-order chi connectivity index (χ1) is 5.70. The summed E-state index contributed by atoms with van der Waals surface area (Å²) < 4.78 is 0. The quantitative estimate of drug-likeness (QED) is 0.546. The summed E-state index contributed by atoms with van der Waals surface area (Å²) in [5.41, 5.74) is 3.47. The molecule has 12 heavy (non-hydrogen) atoms. The fourth-order valence-corrected chi connectivity index (χ4v) is 2.02. The van der Waals surface area contributed by atoms with Crippen molar-refractivity contribution in [3.8, 4) is 0 Å². The monoisotopic (exact) mass is 166 g/mol. The summed E-state index contributed by atoms with van der Waals surface area (Å²) in [6.45, 7) is 6.95. The Morgan fingerprint density at radius 3 is 2.50 bits per heavy atom. The van der Waals surface area contributed by atoms with Gasteiger partial charge in [-0.05, 0) is 44.9 Å². The molecule has 0 aromatic rings. The molecule has 0 saturated heterocycles. The van der Waals surface area contributed by atoms with Crippen LogP contribution in [0.15, 0.2) is 11.1 Å². The van der Waals surface area contributed by atoms with Crippen molar-refractivity contribution in [2.24, 2.45) is 5.92 Å². The molecule has 0 bridgehead atoms. The zero-order chi connectivity index (χ0) is 8.97. The molecule has 0 heteroatoms. The third-order valence-corrected chi connectivity index (χ3v) is 2.89. The number of hydrogen-bond acceptors (Lipinski definition) is 0. The Hall–Kier alpha value is -0.260. The highest BCUT2D eigenvalue weighted by atomic mass is 14.2. The first kappa shape index (κ1) is 9.83. The minimum absolute atomic E-state index is 0.882. The summed E-state index contributed by atoms with van der Waals surface area (Å²) in [7, 11) is 0. The summed E-state index contributed by atoms with van der Waals surface area (Å²) in [5, 5.41) is 0. The van der Waals surface area contributed by atoms with Crippen LogP contribution in [-0.4, -0.2) is 0 Å². The van der Waals surface area contributed by atoms with Crippen molar-refractivity contribution < 1.29 is 0 Å². The van der Waals surface area contributed by atoms with E-state index in [1.54, 1.807) is 11.1 Å². The van der Waals surface area contributed by atoms with E-state index < -0.39 is 0 Å². The van der Waals surface area contributed by atoms with E-state index >= 15 is 0 Å². The number of allylic oxidation sites excluding steroid dienone is 2. The molecule has 0 aromatic heterocycles. The molecule has 0 atom stereocenters. The topological polar surface area (TPSA) is 0 Å². The minimum atomic E-state index is 0.882. The third kappa shape index (κ3) is 3.00. The van der Waals surface area contributed by atoms with Gasteiger partial charge in [0.05, 0.1) is 0 Å². The highest BCUT2D eigenvalue weighted by Crippen LogP contribution is 2.29. The van der Waals surface area contributed by atoms with E-state index in [0.29, 0.717) is 0 Å². The molecule has 0 radical (unpaired) electrons. The second kappa shape index (κ2) is 4.69. The fourth-order valence-electron chi connectivity index (χ4n) is 2.02. The Labute approximate surface area is 77.1 Å². The van der Waals surface area contributed by atoms with Gasteiger partial charge >= 0.3 is 0 Å². The lowest BCUT2D eigenvalue weighted by molar-refractivity contribution is 0.552. The molecule has 70 valence electrons. The van der Waals surface area contributed by atoms with Gasteiger partial charge in [-0.15, -0.1) is 0 Å². The van der Waals surface area contributed by atoms with Crippen molar-refractivity contribution in [1.82, 2.24) is 0 Å². The highest BCUT2D eigenvalue weighted by molar-refractivity contribution is 5.16. The molecule has 0 saturated carbocycles. The van der Waals surface area contributed by atoms with Crippen LogP contribution in [0, 0.1) is 5.92 Å². The van der Waals surface area contributed by atoms with Gasteiger partial charge in [0.15, 0.2) is 0 Å². The fraction of sp³-hybridized carbons (Fsp3) is 0.833. The minimum Gasteiger partial charge on any atom is -0.0741 e. The lowest BCUT2D eigenvalue weighted by Gasteiger charge is -2.05. The number of rotatable bonds is 4. The molecule has 0 unspecified atom stereocenters. The molecule has 0 N–H and O–H groups in total. The van der Waals surface area contributed by atoms with Gasteiger partial charge in [0.1, 0.15) is 0 Å². The molecule has 0 aromatic carbocycles. The normalized spacial score (nSPS) is 18.0. The van der Waals surface area contributed by atoms with E-state index in [2.05, 4.69) is 20.8 Å². The predicted octanol–water partition coefficient (Wildman–Crippen LogP) is 4.31. The van der Waals surface area contributed by atoms with Gasteiger partial charge in [0, 0.05) is 0 Å². The second-order valence-corrected chi connectivity index (χ2v) is 4.52. The molecule has 0 amide bonds. The lowest BCUT2D eigenvalue weighted by atomic mass is 10.0. The van der Waals surface area contributed by atoms with Crippen LogP contribution in [-0.2, 0) is 0 Å². The van der Waals surface area contributed by atoms with Crippen molar-refractivity contribution >= 4 is 0 Å². The summed E-state index contributed by atoms with van der Waals surface area (Å²) in [6.07, 6.45) is 8.37. The lowest BCUT2D eigenvalue weighted by Crippen LogP contribution is -1.88. The zero-order valence-corrected chi connectivity index (χ0v) is 8.82. The van der Waals surface area contributed by atoms with Crippen molar-refractivity contribution in [2.75, 3.05) is 0 Å². The molecule has 1 aliphatic carbocycles. The van der Waals surface area contributed by atoms with Gasteiger partial charge in [-0.1, -0.05) is 31.4 Å². The molecule has 0 nitrogen and oxygen atoms in total. The van der Waals surface area contributed by atoms with Crippen molar-refractivity contribution in [2.45, 2.75) is 59.3 Å². The first-order valence-corrected chi connectivity index (χ1v) is 5.37. The number of hydrogen-bond donors (Lipinski definition) is 0. The maximum absolute atomic E-state index is 2.32. The summed E-state index contributed by atoms with van der Waals surface area (Å²) >= 11 is 0. The van der Waals surface area contributed by atoms with Crippen LogP contribution < -0.4 is 0 Å². The Morgan fingerprint density at radius 1 is 1.25 bits per heavy atom. The maximum atomic E-state index is 2.32. The zero-order valence-electron chi connectivity index (χ0n) is 8.82. The molecule has 0 fully saturated rings. The van der Waals surface area contributed by atoms with Crippen LogP contribution in [0.3, 0.4) is 0 Å². The highest BCUT2D eigenvalue weighted by Gasteiger charge is 2.09. The van der Waals surface area contributed by atoms with E-state index in [1.807, 2.05) is 0 Å². The molecule has 1 aliphatic rings. The van der Waals surface area contributed by atoms with Crippen molar-refractivity contribution in [1.29, 1.82) is 0 Å². The second-order valence-electron chi connectivity index (χ2n) is 4.52. The van der Waals surface area contributed by atoms with Gasteiger partial charge in [0.2, 0.25) is 0 Å². The van der Waals surface area contributed by atoms with Gasteiger partial charge in [0.25, 0.3) is 0 Å². The van der Waals surface area contributed by atoms with E-state index in [0.717, 1.165) is 5.92 Å². The molecule has 0 spiro atoms. The Morgan fingerprint density at radius 2 is 2.00 bits per heavy atom. The Balaban J connectivity index is 2.18. The standard InChI is InChI=1S/C12H22/c1-10(2)6-4-8-12-9-5-7-11(12)3/h10H,4-9H2,1-3H3. The van der Waals surface area contributed by atoms with Crippen LogP contribution in [0.1, 0.15) is 59.3 Å². The molecule has 1 rings (SSSR count). The molecular weight excluding hydrogens is 144 g/mol. The van der Waals surface area contributed by atoms with Crippen LogP contribution >= 0.6 is 0 Å². The largest absolute Gasteiger partial charge is 0.0741 e. The Kier molecular flexibility index (Phi) is 3.84. The summed E-state index contributed by atoms with van der Waals surface area (Å²) in [4.78, 5) is 0. The van der Waals surface area contributed by atoms with E-state index in [1.165, 1.54) is 38.5 Å². The van der Waals surface area contributed by atoms with Crippen molar-refractivity contribution in [3.63, 3.8) is 0 Å². The van der Waals surface area contributed by atoms with Gasteiger partial charge in [-0.2, -0.15) is 0 Å². The SMILES string of the molecule is CC1=C(CCCC(C)C)CCC1. The third-order valence-electron chi connectivity index (χ3n) is 2.89. The van der Waals surface area contributed by atoms with Crippen molar-refractivity contribution in [3.05, 3.63) is 11.1 Å². The average molecular weight is 166 g/mol. The maximum Gasteiger partial charge on any atom is -0.0315 e. The molecule has 0 heterocycles. The van der Waals surface area contributed by atoms with Gasteiger partial charge in [-0.3, -0.25) is 0 Å². The van der Waals surface area contributed by atoms with E-state index in [9.17, 15) is 0 Å². The van der Waals surface area contributed by atoms with Crippen LogP contribution in [0.25, 0.3) is 0 Å². The van der Waals surface area contributed by atoms with E-state index in [-0.39, 0.29) is 0 Å². The Bertz CT molecular complexity index is 163. The predicted molar refractivity (Wildman–Crippen MR) is 55.2 cm³/mol. The molecule has 0 aliphatic heterocycles. The van der Waals surface area contributed by atoms with Gasteiger partial charge < -0.3 is 0 Å². The summed E-state index contributed by atoms with van der Waals surface area (Å²) in [5.74, 6) is 0.882. The summed E-state index contributed by atoms with van der Waals surface area (Å²) in [6, 6.07) is 0. The van der Waals surface area contributed by atoms with Crippen LogP contribution in [0.4, 0.5) is 0 Å². The first-order valence-electron chi connectivity index (χ1n) is 5.37. The van der Waals surface area contributed by atoms with Crippen LogP contribution in [0.2, 0.25) is 0 Å². The molecular formula is C12H22. The van der Waals surface area contributed by atoms with Gasteiger partial charge in [-0.25, -0.2) is 0 Å².